The molecule has 26 heavy (non-hydrogen) atoms. The maximum atomic E-state index is 11.6. The Hall–Kier alpha value is -0.320. The van der Waals surface area contributed by atoms with Crippen LogP contribution in [0.15, 0.2) is 0 Å². The molecule has 1 unspecified atom stereocenters. The highest BCUT2D eigenvalue weighted by Gasteiger charge is 2.05. The van der Waals surface area contributed by atoms with Gasteiger partial charge in [0.2, 0.25) is 0 Å². The molecular formula is C18H37O8. The molecule has 0 aromatic rings. The van der Waals surface area contributed by atoms with Gasteiger partial charge in [0.05, 0.1) is 52.9 Å². The zero-order chi connectivity index (χ0) is 19.1. The molecule has 0 saturated carbocycles. The van der Waals surface area contributed by atoms with Gasteiger partial charge in [-0.05, 0) is 19.3 Å². The Morgan fingerprint density at radius 3 is 1.50 bits per heavy atom. The van der Waals surface area contributed by atoms with Crippen LogP contribution in [0.2, 0.25) is 0 Å². The minimum Gasteiger partial charge on any atom is -0.382 e. The number of hydrogen-bond donors (Lipinski definition) is 0. The first-order chi connectivity index (χ1) is 12.8. The number of rotatable bonds is 22. The second-order valence-electron chi connectivity index (χ2n) is 5.58. The molecule has 0 aromatic heterocycles. The van der Waals surface area contributed by atoms with Crippen LogP contribution in [0.25, 0.3) is 0 Å². The zero-order valence-electron chi connectivity index (χ0n) is 16.4. The molecule has 0 aliphatic carbocycles. The standard InChI is InChI=1S/C18H37O8/c1-20-10-12-24-16-14-22-7-3-4-9-26-18(19)6-5-8-23-15-17-25-13-11-21-2/h18H,3-17H2,1-2H3. The van der Waals surface area contributed by atoms with E-state index >= 15 is 0 Å². The van der Waals surface area contributed by atoms with E-state index in [-0.39, 0.29) is 0 Å². The first kappa shape index (κ1) is 25.7. The molecule has 0 heterocycles. The first-order valence-corrected chi connectivity index (χ1v) is 9.37. The van der Waals surface area contributed by atoms with Gasteiger partial charge in [0, 0.05) is 40.5 Å². The SMILES string of the molecule is COCCOCCOCCCCOC([O])CCCOCCOCCOC. The smallest absolute Gasteiger partial charge is 0.191 e. The van der Waals surface area contributed by atoms with E-state index in [2.05, 4.69) is 0 Å². The number of ether oxygens (including phenoxy) is 7. The Labute approximate surface area is 158 Å². The molecular weight excluding hydrogens is 344 g/mol. The van der Waals surface area contributed by atoms with Crippen LogP contribution < -0.4 is 0 Å². The van der Waals surface area contributed by atoms with Crippen LogP contribution in [0.1, 0.15) is 25.7 Å². The topological polar surface area (TPSA) is 84.5 Å². The van der Waals surface area contributed by atoms with Crippen molar-refractivity contribution in [1.82, 2.24) is 0 Å². The second-order valence-corrected chi connectivity index (χ2v) is 5.58. The molecule has 8 heteroatoms. The highest BCUT2D eigenvalue weighted by Crippen LogP contribution is 2.02. The quantitative estimate of drug-likeness (QED) is 0.208. The Balaban J connectivity index is 3.12. The molecule has 1 radical (unpaired) electrons. The summed E-state index contributed by atoms with van der Waals surface area (Å²) in [5.74, 6) is 0. The zero-order valence-corrected chi connectivity index (χ0v) is 16.4. The fraction of sp³-hybridized carbons (Fsp3) is 1.00. The third kappa shape index (κ3) is 21.7. The molecule has 0 aliphatic rings. The van der Waals surface area contributed by atoms with E-state index < -0.39 is 6.29 Å². The lowest BCUT2D eigenvalue weighted by atomic mass is 10.3. The van der Waals surface area contributed by atoms with Crippen molar-refractivity contribution >= 4 is 0 Å². The van der Waals surface area contributed by atoms with Crippen LogP contribution in [0.3, 0.4) is 0 Å². The monoisotopic (exact) mass is 381 g/mol. The average molecular weight is 381 g/mol. The Morgan fingerprint density at radius 1 is 0.538 bits per heavy atom. The summed E-state index contributed by atoms with van der Waals surface area (Å²) in [6, 6.07) is 0. The summed E-state index contributed by atoms with van der Waals surface area (Å²) in [5, 5.41) is 11.6. The van der Waals surface area contributed by atoms with E-state index in [4.69, 9.17) is 33.2 Å². The molecule has 0 spiro atoms. The van der Waals surface area contributed by atoms with Gasteiger partial charge in [-0.2, -0.15) is 0 Å². The van der Waals surface area contributed by atoms with E-state index in [1.807, 2.05) is 0 Å². The lowest BCUT2D eigenvalue weighted by Crippen LogP contribution is -2.14. The van der Waals surface area contributed by atoms with Crippen LogP contribution in [-0.4, -0.2) is 93.2 Å². The molecule has 0 amide bonds. The fourth-order valence-corrected chi connectivity index (χ4v) is 1.88. The number of methoxy groups -OCH3 is 2. The van der Waals surface area contributed by atoms with E-state index in [1.54, 1.807) is 14.2 Å². The minimum atomic E-state index is -0.980. The molecule has 0 rings (SSSR count). The number of hydrogen-bond acceptors (Lipinski definition) is 7. The summed E-state index contributed by atoms with van der Waals surface area (Å²) in [6.45, 7) is 6.25. The average Bonchev–Trinajstić information content (AvgIpc) is 2.64. The van der Waals surface area contributed by atoms with Gasteiger partial charge in [-0.3, -0.25) is 0 Å². The molecule has 0 saturated heterocycles. The summed E-state index contributed by atoms with van der Waals surface area (Å²) in [6.07, 6.45) is 1.86. The summed E-state index contributed by atoms with van der Waals surface area (Å²) >= 11 is 0. The van der Waals surface area contributed by atoms with Crippen molar-refractivity contribution in [3.63, 3.8) is 0 Å². The lowest BCUT2D eigenvalue weighted by Gasteiger charge is -2.10. The summed E-state index contributed by atoms with van der Waals surface area (Å²) < 4.78 is 36.3. The molecule has 0 bridgehead atoms. The first-order valence-electron chi connectivity index (χ1n) is 9.37. The van der Waals surface area contributed by atoms with Crippen molar-refractivity contribution in [3.05, 3.63) is 0 Å². The molecule has 8 nitrogen and oxygen atoms in total. The van der Waals surface area contributed by atoms with Crippen molar-refractivity contribution < 1.29 is 38.3 Å². The molecule has 0 aromatic carbocycles. The van der Waals surface area contributed by atoms with Gasteiger partial charge in [-0.1, -0.05) is 0 Å². The van der Waals surface area contributed by atoms with Gasteiger partial charge in [0.15, 0.2) is 6.29 Å². The third-order valence-corrected chi connectivity index (χ3v) is 3.32. The van der Waals surface area contributed by atoms with Crippen LogP contribution in [0.5, 0.6) is 0 Å². The van der Waals surface area contributed by atoms with Crippen molar-refractivity contribution in [3.8, 4) is 0 Å². The van der Waals surface area contributed by atoms with Crippen LogP contribution in [0.4, 0.5) is 0 Å². The normalized spacial score (nSPS) is 12.6. The van der Waals surface area contributed by atoms with Gasteiger partial charge in [-0.15, -0.1) is 0 Å². The maximum Gasteiger partial charge on any atom is 0.191 e. The van der Waals surface area contributed by atoms with Crippen LogP contribution in [-0.2, 0) is 38.3 Å². The molecule has 0 aliphatic heterocycles. The number of unbranched alkanes of at least 4 members (excludes halogenated alkanes) is 1. The molecule has 0 fully saturated rings. The summed E-state index contributed by atoms with van der Waals surface area (Å²) in [7, 11) is 3.28. The van der Waals surface area contributed by atoms with Gasteiger partial charge in [-0.25, -0.2) is 5.11 Å². The second kappa shape index (κ2) is 22.7. The minimum absolute atomic E-state index is 0.458. The fourth-order valence-electron chi connectivity index (χ4n) is 1.88. The Kier molecular flexibility index (Phi) is 22.4. The van der Waals surface area contributed by atoms with E-state index in [9.17, 15) is 5.11 Å². The Bertz CT molecular complexity index is 255. The highest BCUT2D eigenvalue weighted by atomic mass is 16.6. The molecule has 157 valence electrons. The van der Waals surface area contributed by atoms with Gasteiger partial charge < -0.3 is 33.2 Å². The van der Waals surface area contributed by atoms with E-state index in [1.165, 1.54) is 0 Å². The van der Waals surface area contributed by atoms with E-state index in [0.717, 1.165) is 12.8 Å². The largest absolute Gasteiger partial charge is 0.382 e. The summed E-state index contributed by atoms with van der Waals surface area (Å²) in [4.78, 5) is 0. The van der Waals surface area contributed by atoms with E-state index in [0.29, 0.717) is 85.5 Å². The van der Waals surface area contributed by atoms with Crippen molar-refractivity contribution in [2.75, 3.05) is 86.9 Å². The van der Waals surface area contributed by atoms with Crippen LogP contribution in [0, 0.1) is 0 Å². The van der Waals surface area contributed by atoms with Crippen molar-refractivity contribution in [1.29, 1.82) is 0 Å². The van der Waals surface area contributed by atoms with Crippen molar-refractivity contribution in [2.45, 2.75) is 32.0 Å². The molecule has 1 atom stereocenters. The predicted octanol–water partition coefficient (Wildman–Crippen LogP) is 1.68. The third-order valence-electron chi connectivity index (χ3n) is 3.32. The van der Waals surface area contributed by atoms with Crippen molar-refractivity contribution in [2.24, 2.45) is 0 Å². The molecule has 0 N–H and O–H groups in total. The van der Waals surface area contributed by atoms with Gasteiger partial charge in [0.1, 0.15) is 0 Å². The van der Waals surface area contributed by atoms with Crippen LogP contribution >= 0.6 is 0 Å². The predicted molar refractivity (Wildman–Crippen MR) is 95.9 cm³/mol. The Morgan fingerprint density at radius 2 is 0.962 bits per heavy atom. The van der Waals surface area contributed by atoms with Gasteiger partial charge in [0.25, 0.3) is 0 Å². The maximum absolute atomic E-state index is 11.6. The summed E-state index contributed by atoms with van der Waals surface area (Å²) in [5.41, 5.74) is 0. The van der Waals surface area contributed by atoms with Gasteiger partial charge >= 0.3 is 0 Å². The lowest BCUT2D eigenvalue weighted by molar-refractivity contribution is -0.146. The highest BCUT2D eigenvalue weighted by molar-refractivity contribution is 4.45.